The van der Waals surface area contributed by atoms with Gasteiger partial charge in [-0.3, -0.25) is 4.90 Å². The average Bonchev–Trinajstić information content (AvgIpc) is 2.66. The van der Waals surface area contributed by atoms with E-state index < -0.39 is 0 Å². The Labute approximate surface area is 125 Å². The molecule has 3 nitrogen and oxygen atoms in total. The number of likely N-dealkylation sites (tertiary alicyclic amines) is 1. The van der Waals surface area contributed by atoms with Crippen LogP contribution in [0.25, 0.3) is 11.0 Å². The second-order valence-corrected chi connectivity index (χ2v) is 6.42. The molecular formula is C17H24FN3. The van der Waals surface area contributed by atoms with Crippen molar-refractivity contribution in [1.82, 2.24) is 14.9 Å². The molecule has 0 spiro atoms. The molecule has 0 aliphatic carbocycles. The number of rotatable bonds is 3. The van der Waals surface area contributed by atoms with E-state index in [0.717, 1.165) is 29.9 Å². The van der Waals surface area contributed by atoms with Gasteiger partial charge in [-0.05, 0) is 50.0 Å². The third-order valence-electron chi connectivity index (χ3n) is 4.41. The lowest BCUT2D eigenvalue weighted by Gasteiger charge is -2.32. The summed E-state index contributed by atoms with van der Waals surface area (Å²) in [6, 6.07) is 5.05. The van der Waals surface area contributed by atoms with E-state index >= 15 is 0 Å². The Hall–Kier alpha value is -1.42. The standard InChI is InChI=1S/C17H24FN3/c1-12(2)16(21-9-5-3-4-6-10-21)17-19-14-8-7-13(18)11-15(14)20-17/h7-8,11-12,16H,3-6,9-10H2,1-2H3,(H,19,20). The molecule has 3 rings (SSSR count). The third kappa shape index (κ3) is 3.10. The van der Waals surface area contributed by atoms with Crippen molar-refractivity contribution in [3.05, 3.63) is 29.8 Å². The van der Waals surface area contributed by atoms with E-state index in [-0.39, 0.29) is 5.82 Å². The Kier molecular flexibility index (Phi) is 4.24. The van der Waals surface area contributed by atoms with Crippen LogP contribution in [-0.4, -0.2) is 28.0 Å². The number of nitrogens with one attached hydrogen (secondary N) is 1. The Bertz CT molecular complexity index is 597. The summed E-state index contributed by atoms with van der Waals surface area (Å²) in [7, 11) is 0. The highest BCUT2D eigenvalue weighted by Gasteiger charge is 2.27. The number of nitrogens with zero attached hydrogens (tertiary/aromatic N) is 2. The van der Waals surface area contributed by atoms with Crippen LogP contribution in [0.1, 0.15) is 51.4 Å². The first-order valence-corrected chi connectivity index (χ1v) is 8.04. The van der Waals surface area contributed by atoms with E-state index in [1.807, 2.05) is 0 Å². The first kappa shape index (κ1) is 14.5. The zero-order chi connectivity index (χ0) is 14.8. The minimum absolute atomic E-state index is 0.214. The van der Waals surface area contributed by atoms with Gasteiger partial charge in [0, 0.05) is 0 Å². The number of benzene rings is 1. The molecule has 0 amide bonds. The minimum atomic E-state index is -0.214. The first-order chi connectivity index (χ1) is 10.1. The predicted octanol–water partition coefficient (Wildman–Crippen LogP) is 4.28. The van der Waals surface area contributed by atoms with E-state index in [4.69, 9.17) is 4.98 Å². The molecule has 1 aromatic carbocycles. The lowest BCUT2D eigenvalue weighted by molar-refractivity contribution is 0.154. The summed E-state index contributed by atoms with van der Waals surface area (Å²) >= 11 is 0. The van der Waals surface area contributed by atoms with Crippen LogP contribution in [0.2, 0.25) is 0 Å². The monoisotopic (exact) mass is 289 g/mol. The largest absolute Gasteiger partial charge is 0.341 e. The molecule has 1 N–H and O–H groups in total. The normalized spacial score (nSPS) is 19.0. The molecule has 1 atom stereocenters. The smallest absolute Gasteiger partial charge is 0.125 e. The molecule has 1 unspecified atom stereocenters. The van der Waals surface area contributed by atoms with Gasteiger partial charge in [0.1, 0.15) is 11.6 Å². The summed E-state index contributed by atoms with van der Waals surface area (Å²) in [5, 5.41) is 0. The van der Waals surface area contributed by atoms with Crippen molar-refractivity contribution < 1.29 is 4.39 Å². The maximum Gasteiger partial charge on any atom is 0.125 e. The molecule has 1 aliphatic rings. The molecule has 0 saturated carbocycles. The Balaban J connectivity index is 1.94. The summed E-state index contributed by atoms with van der Waals surface area (Å²) in [5.41, 5.74) is 1.65. The Morgan fingerprint density at radius 2 is 1.86 bits per heavy atom. The number of H-pyrrole nitrogens is 1. The van der Waals surface area contributed by atoms with Crippen LogP contribution < -0.4 is 0 Å². The fraction of sp³-hybridized carbons (Fsp3) is 0.588. The summed E-state index contributed by atoms with van der Waals surface area (Å²) in [4.78, 5) is 10.6. The fourth-order valence-electron chi connectivity index (χ4n) is 3.43. The van der Waals surface area contributed by atoms with Crippen molar-refractivity contribution in [2.45, 2.75) is 45.6 Å². The molecule has 21 heavy (non-hydrogen) atoms. The van der Waals surface area contributed by atoms with Gasteiger partial charge in [-0.2, -0.15) is 0 Å². The Morgan fingerprint density at radius 3 is 2.52 bits per heavy atom. The van der Waals surface area contributed by atoms with Crippen LogP contribution >= 0.6 is 0 Å². The van der Waals surface area contributed by atoms with Crippen molar-refractivity contribution in [3.63, 3.8) is 0 Å². The number of halogens is 1. The summed E-state index contributed by atoms with van der Waals surface area (Å²) in [6.07, 6.45) is 5.18. The van der Waals surface area contributed by atoms with Crippen molar-refractivity contribution >= 4 is 11.0 Å². The first-order valence-electron chi connectivity index (χ1n) is 8.04. The molecule has 1 aromatic heterocycles. The van der Waals surface area contributed by atoms with E-state index in [1.54, 1.807) is 6.07 Å². The molecular weight excluding hydrogens is 265 g/mol. The highest BCUT2D eigenvalue weighted by molar-refractivity contribution is 5.75. The lowest BCUT2D eigenvalue weighted by atomic mass is 10.0. The number of imidazole rings is 1. The van der Waals surface area contributed by atoms with Crippen molar-refractivity contribution in [3.8, 4) is 0 Å². The molecule has 0 bridgehead atoms. The number of aromatic amines is 1. The molecule has 2 aromatic rings. The predicted molar refractivity (Wildman–Crippen MR) is 83.7 cm³/mol. The van der Waals surface area contributed by atoms with Crippen LogP contribution in [0.5, 0.6) is 0 Å². The summed E-state index contributed by atoms with van der Waals surface area (Å²) in [6.45, 7) is 6.75. The van der Waals surface area contributed by atoms with E-state index in [1.165, 1.54) is 37.8 Å². The number of hydrogen-bond donors (Lipinski definition) is 1. The molecule has 1 saturated heterocycles. The van der Waals surface area contributed by atoms with Crippen LogP contribution in [0, 0.1) is 11.7 Å². The van der Waals surface area contributed by atoms with E-state index in [0.29, 0.717) is 12.0 Å². The molecule has 1 fully saturated rings. The van der Waals surface area contributed by atoms with Crippen molar-refractivity contribution in [2.75, 3.05) is 13.1 Å². The molecule has 1 aliphatic heterocycles. The zero-order valence-electron chi connectivity index (χ0n) is 12.9. The third-order valence-corrected chi connectivity index (χ3v) is 4.41. The fourth-order valence-corrected chi connectivity index (χ4v) is 3.43. The SMILES string of the molecule is CC(C)C(c1nc2ccc(F)cc2[nH]1)N1CCCCCC1. The average molecular weight is 289 g/mol. The van der Waals surface area contributed by atoms with Gasteiger partial charge < -0.3 is 4.98 Å². The maximum absolute atomic E-state index is 13.4. The summed E-state index contributed by atoms with van der Waals surface area (Å²) < 4.78 is 13.4. The molecule has 4 heteroatoms. The quantitative estimate of drug-likeness (QED) is 0.914. The van der Waals surface area contributed by atoms with Crippen molar-refractivity contribution in [2.24, 2.45) is 5.92 Å². The molecule has 2 heterocycles. The van der Waals surface area contributed by atoms with Gasteiger partial charge in [-0.15, -0.1) is 0 Å². The van der Waals surface area contributed by atoms with Crippen molar-refractivity contribution in [1.29, 1.82) is 0 Å². The van der Waals surface area contributed by atoms with Gasteiger partial charge in [0.25, 0.3) is 0 Å². The topological polar surface area (TPSA) is 31.9 Å². The van der Waals surface area contributed by atoms with Gasteiger partial charge >= 0.3 is 0 Å². The van der Waals surface area contributed by atoms with Crippen LogP contribution in [0.3, 0.4) is 0 Å². The van der Waals surface area contributed by atoms with Gasteiger partial charge in [-0.1, -0.05) is 26.7 Å². The van der Waals surface area contributed by atoms with Crippen LogP contribution in [0.15, 0.2) is 18.2 Å². The second kappa shape index (κ2) is 6.14. The molecule has 0 radical (unpaired) electrons. The maximum atomic E-state index is 13.4. The van der Waals surface area contributed by atoms with Gasteiger partial charge in [0.15, 0.2) is 0 Å². The number of hydrogen-bond acceptors (Lipinski definition) is 2. The zero-order valence-corrected chi connectivity index (χ0v) is 12.9. The van der Waals surface area contributed by atoms with Gasteiger partial charge in [0.2, 0.25) is 0 Å². The van der Waals surface area contributed by atoms with Gasteiger partial charge in [-0.25, -0.2) is 9.37 Å². The summed E-state index contributed by atoms with van der Waals surface area (Å²) in [5.74, 6) is 1.24. The highest BCUT2D eigenvalue weighted by atomic mass is 19.1. The van der Waals surface area contributed by atoms with E-state index in [9.17, 15) is 4.39 Å². The number of fused-ring (bicyclic) bond motifs is 1. The molecule has 114 valence electrons. The number of aromatic nitrogens is 2. The minimum Gasteiger partial charge on any atom is -0.341 e. The van der Waals surface area contributed by atoms with Crippen LogP contribution in [-0.2, 0) is 0 Å². The Morgan fingerprint density at radius 1 is 1.14 bits per heavy atom. The van der Waals surface area contributed by atoms with E-state index in [2.05, 4.69) is 23.7 Å². The lowest BCUT2D eigenvalue weighted by Crippen LogP contribution is -2.33. The van der Waals surface area contributed by atoms with Gasteiger partial charge in [0.05, 0.1) is 17.1 Å². The second-order valence-electron chi connectivity index (χ2n) is 6.42. The van der Waals surface area contributed by atoms with Crippen LogP contribution in [0.4, 0.5) is 4.39 Å². The highest BCUT2D eigenvalue weighted by Crippen LogP contribution is 2.30.